The molecule has 0 spiro atoms. The predicted molar refractivity (Wildman–Crippen MR) is 82.6 cm³/mol. The Hall–Kier alpha value is -0.690. The molecule has 1 saturated heterocycles. The SMILES string of the molecule is CCCCCCCCCC(=O)N[C]1O[C@H](C)[C@H](O)[C@H](O)[C@H]1O. The number of unbranched alkanes of at least 4 members (excludes halogenated alkanes) is 6. The van der Waals surface area contributed by atoms with Crippen molar-refractivity contribution in [2.75, 3.05) is 0 Å². The van der Waals surface area contributed by atoms with Gasteiger partial charge in [-0.05, 0) is 13.3 Å². The number of hydrogen-bond donors (Lipinski definition) is 4. The summed E-state index contributed by atoms with van der Waals surface area (Å²) in [6.07, 6.45) is 3.57. The number of carbonyl (C=O) groups is 1. The van der Waals surface area contributed by atoms with E-state index < -0.39 is 24.4 Å². The van der Waals surface area contributed by atoms with E-state index in [1.165, 1.54) is 25.7 Å². The minimum atomic E-state index is -1.40. The minimum absolute atomic E-state index is 0.0711. The van der Waals surface area contributed by atoms with E-state index in [9.17, 15) is 20.1 Å². The summed E-state index contributed by atoms with van der Waals surface area (Å²) >= 11 is 0. The fraction of sp³-hybridized carbons (Fsp3) is 0.875. The van der Waals surface area contributed by atoms with Crippen LogP contribution >= 0.6 is 0 Å². The van der Waals surface area contributed by atoms with Gasteiger partial charge in [0, 0.05) is 6.42 Å². The fourth-order valence-corrected chi connectivity index (χ4v) is 2.51. The number of aliphatic hydroxyl groups excluding tert-OH is 3. The normalized spacial score (nSPS) is 29.5. The summed E-state index contributed by atoms with van der Waals surface area (Å²) in [6.45, 7) is 3.75. The van der Waals surface area contributed by atoms with Crippen LogP contribution in [0.25, 0.3) is 0 Å². The molecule has 0 aliphatic carbocycles. The maximum atomic E-state index is 11.8. The van der Waals surface area contributed by atoms with Crippen LogP contribution in [0, 0.1) is 6.23 Å². The van der Waals surface area contributed by atoms with Gasteiger partial charge in [0.2, 0.25) is 12.1 Å². The summed E-state index contributed by atoms with van der Waals surface area (Å²) in [4.78, 5) is 11.8. The third-order valence-electron chi connectivity index (χ3n) is 4.01. The summed E-state index contributed by atoms with van der Waals surface area (Å²) in [6, 6.07) is 0. The minimum Gasteiger partial charge on any atom is -0.388 e. The molecule has 1 radical (unpaired) electrons. The molecule has 4 atom stereocenters. The number of aliphatic hydroxyl groups is 3. The fourth-order valence-electron chi connectivity index (χ4n) is 2.51. The molecule has 4 N–H and O–H groups in total. The lowest BCUT2D eigenvalue weighted by molar-refractivity contribution is -0.184. The van der Waals surface area contributed by atoms with Gasteiger partial charge in [-0.3, -0.25) is 4.79 Å². The molecule has 1 heterocycles. The lowest BCUT2D eigenvalue weighted by Gasteiger charge is -2.38. The lowest BCUT2D eigenvalue weighted by Crippen LogP contribution is -2.57. The molecule has 0 aromatic heterocycles. The van der Waals surface area contributed by atoms with Gasteiger partial charge in [-0.2, -0.15) is 0 Å². The number of nitrogens with one attached hydrogen (secondary N) is 1. The second-order valence-electron chi connectivity index (χ2n) is 6.03. The van der Waals surface area contributed by atoms with Gasteiger partial charge in [-0.15, -0.1) is 0 Å². The van der Waals surface area contributed by atoms with E-state index in [-0.39, 0.29) is 12.1 Å². The Kier molecular flexibility index (Phi) is 8.93. The second-order valence-corrected chi connectivity index (χ2v) is 6.03. The first-order valence-electron chi connectivity index (χ1n) is 8.35. The van der Waals surface area contributed by atoms with Gasteiger partial charge in [0.1, 0.15) is 18.3 Å². The molecule has 0 aromatic rings. The van der Waals surface area contributed by atoms with Crippen molar-refractivity contribution in [1.29, 1.82) is 0 Å². The molecule has 0 bridgehead atoms. The zero-order chi connectivity index (χ0) is 16.5. The van der Waals surface area contributed by atoms with Crippen LogP contribution in [-0.2, 0) is 9.53 Å². The van der Waals surface area contributed by atoms with Crippen molar-refractivity contribution in [3.05, 3.63) is 6.23 Å². The first kappa shape index (κ1) is 19.4. The predicted octanol–water partition coefficient (Wildman–Crippen LogP) is 1.23. The van der Waals surface area contributed by atoms with Gasteiger partial charge in [0.15, 0.2) is 0 Å². The molecule has 6 nitrogen and oxygen atoms in total. The molecule has 1 aliphatic heterocycles. The molecule has 0 aromatic carbocycles. The molecule has 1 rings (SSSR count). The zero-order valence-corrected chi connectivity index (χ0v) is 13.6. The summed E-state index contributed by atoms with van der Waals surface area (Å²) in [5, 5.41) is 31.5. The van der Waals surface area contributed by atoms with Crippen LogP contribution < -0.4 is 5.32 Å². The Balaban J connectivity index is 2.19. The van der Waals surface area contributed by atoms with E-state index >= 15 is 0 Å². The number of ether oxygens (including phenoxy) is 1. The highest BCUT2D eigenvalue weighted by molar-refractivity contribution is 5.77. The van der Waals surface area contributed by atoms with Crippen molar-refractivity contribution in [2.45, 2.75) is 89.6 Å². The van der Waals surface area contributed by atoms with Crippen molar-refractivity contribution in [1.82, 2.24) is 5.32 Å². The van der Waals surface area contributed by atoms with Gasteiger partial charge in [0.05, 0.1) is 6.10 Å². The van der Waals surface area contributed by atoms with Crippen LogP contribution in [0.5, 0.6) is 0 Å². The number of hydrogen-bond acceptors (Lipinski definition) is 5. The van der Waals surface area contributed by atoms with Crippen molar-refractivity contribution in [3.63, 3.8) is 0 Å². The summed E-state index contributed by atoms with van der Waals surface area (Å²) in [7, 11) is 0. The van der Waals surface area contributed by atoms with E-state index in [1.54, 1.807) is 6.92 Å². The van der Waals surface area contributed by atoms with Gasteiger partial charge in [-0.1, -0.05) is 45.4 Å². The van der Waals surface area contributed by atoms with Gasteiger partial charge < -0.3 is 25.4 Å². The lowest BCUT2D eigenvalue weighted by atomic mass is 9.99. The Morgan fingerprint density at radius 3 is 2.27 bits per heavy atom. The van der Waals surface area contributed by atoms with Crippen LogP contribution in [0.2, 0.25) is 0 Å². The number of carbonyl (C=O) groups excluding carboxylic acids is 1. The van der Waals surface area contributed by atoms with Crippen molar-refractivity contribution >= 4 is 5.91 Å². The van der Waals surface area contributed by atoms with Gasteiger partial charge >= 0.3 is 0 Å². The van der Waals surface area contributed by atoms with Crippen LogP contribution in [0.4, 0.5) is 0 Å². The molecular weight excluding hydrogens is 286 g/mol. The average molecular weight is 316 g/mol. The Bertz CT molecular complexity index is 326. The molecule has 6 heteroatoms. The van der Waals surface area contributed by atoms with Crippen LogP contribution in [0.15, 0.2) is 0 Å². The van der Waals surface area contributed by atoms with E-state index in [4.69, 9.17) is 4.74 Å². The smallest absolute Gasteiger partial charge is 0.222 e. The standard InChI is InChI=1S/C16H30NO5/c1-3-4-5-6-7-8-9-10-12(18)17-16-15(21)14(20)13(19)11(2)22-16/h11,13-15,19-21H,3-10H2,1-2H3,(H,17,18)/t11-,13+,14+,15-/m1/s1. The molecule has 1 fully saturated rings. The zero-order valence-electron chi connectivity index (χ0n) is 13.6. The first-order chi connectivity index (χ1) is 10.5. The Labute approximate surface area is 132 Å². The van der Waals surface area contributed by atoms with Crippen molar-refractivity contribution in [3.8, 4) is 0 Å². The van der Waals surface area contributed by atoms with E-state index in [0.29, 0.717) is 6.42 Å². The molecule has 1 amide bonds. The molecule has 1 aliphatic rings. The molecule has 22 heavy (non-hydrogen) atoms. The van der Waals surface area contributed by atoms with Crippen LogP contribution in [0.1, 0.15) is 65.2 Å². The quantitative estimate of drug-likeness (QED) is 0.480. The van der Waals surface area contributed by atoms with Crippen molar-refractivity contribution < 1.29 is 24.9 Å². The van der Waals surface area contributed by atoms with Gasteiger partial charge in [-0.25, -0.2) is 0 Å². The Morgan fingerprint density at radius 2 is 1.64 bits per heavy atom. The van der Waals surface area contributed by atoms with Crippen molar-refractivity contribution in [2.24, 2.45) is 0 Å². The number of amides is 1. The maximum Gasteiger partial charge on any atom is 0.222 e. The summed E-state index contributed by atoms with van der Waals surface area (Å²) < 4.78 is 5.25. The molecule has 129 valence electrons. The highest BCUT2D eigenvalue weighted by Gasteiger charge is 2.43. The monoisotopic (exact) mass is 316 g/mol. The maximum absolute atomic E-state index is 11.8. The highest BCUT2D eigenvalue weighted by atomic mass is 16.5. The largest absolute Gasteiger partial charge is 0.388 e. The topological polar surface area (TPSA) is 99.0 Å². The highest BCUT2D eigenvalue weighted by Crippen LogP contribution is 2.24. The van der Waals surface area contributed by atoms with Gasteiger partial charge in [0.25, 0.3) is 0 Å². The summed E-state index contributed by atoms with van der Waals surface area (Å²) in [5.41, 5.74) is 0. The van der Waals surface area contributed by atoms with Crippen LogP contribution in [0.3, 0.4) is 0 Å². The molecule has 0 saturated carbocycles. The third kappa shape index (κ3) is 6.20. The van der Waals surface area contributed by atoms with E-state index in [2.05, 4.69) is 12.2 Å². The Morgan fingerprint density at radius 1 is 1.05 bits per heavy atom. The number of rotatable bonds is 9. The molecule has 0 unspecified atom stereocenters. The molecular formula is C16H30NO5. The second kappa shape index (κ2) is 10.2. The average Bonchev–Trinajstić information content (AvgIpc) is 2.49. The first-order valence-corrected chi connectivity index (χ1v) is 8.35. The van der Waals surface area contributed by atoms with E-state index in [0.717, 1.165) is 19.3 Å². The third-order valence-corrected chi connectivity index (χ3v) is 4.01. The van der Waals surface area contributed by atoms with E-state index in [1.807, 2.05) is 0 Å². The van der Waals surface area contributed by atoms with Crippen LogP contribution in [-0.4, -0.2) is 45.6 Å². The summed E-state index contributed by atoms with van der Waals surface area (Å²) in [5.74, 6) is -0.238.